The van der Waals surface area contributed by atoms with E-state index >= 15 is 0 Å². The van der Waals surface area contributed by atoms with Crippen LogP contribution in [0.5, 0.6) is 0 Å². The molecular weight excluding hydrogens is 416 g/mol. The predicted octanol–water partition coefficient (Wildman–Crippen LogP) is 9.71. The van der Waals surface area contributed by atoms with Gasteiger partial charge in [-0.1, -0.05) is 117 Å². The SMILES string of the molecule is CCCCCCCCCCCCc1ccc2c(c1)-c1cc(Br)cc3cccc-2c13. The molecule has 1 aliphatic rings. The minimum absolute atomic E-state index is 1.17. The largest absolute Gasteiger partial charge is 0.0654 e. The number of halogens is 1. The van der Waals surface area contributed by atoms with Gasteiger partial charge in [-0.15, -0.1) is 0 Å². The van der Waals surface area contributed by atoms with Crippen molar-refractivity contribution in [3.8, 4) is 22.3 Å². The Morgan fingerprint density at radius 2 is 1.34 bits per heavy atom. The Balaban J connectivity index is 1.31. The van der Waals surface area contributed by atoms with E-state index in [9.17, 15) is 0 Å². The van der Waals surface area contributed by atoms with Crippen LogP contribution in [0, 0.1) is 0 Å². The molecule has 0 heterocycles. The number of aryl methyl sites for hydroxylation is 1. The first-order valence-electron chi connectivity index (χ1n) is 11.6. The van der Waals surface area contributed by atoms with Crippen LogP contribution < -0.4 is 0 Å². The summed E-state index contributed by atoms with van der Waals surface area (Å²) in [4.78, 5) is 0. The monoisotopic (exact) mass is 448 g/mol. The molecule has 0 spiro atoms. The van der Waals surface area contributed by atoms with Gasteiger partial charge in [0.2, 0.25) is 0 Å². The lowest BCUT2D eigenvalue weighted by Gasteiger charge is -2.07. The fourth-order valence-corrected chi connectivity index (χ4v) is 5.32. The molecule has 0 saturated carbocycles. The topological polar surface area (TPSA) is 0 Å². The molecule has 0 atom stereocenters. The van der Waals surface area contributed by atoms with Crippen LogP contribution in [0.25, 0.3) is 33.0 Å². The molecule has 29 heavy (non-hydrogen) atoms. The third kappa shape index (κ3) is 4.77. The third-order valence-electron chi connectivity index (χ3n) is 6.42. The fraction of sp³-hybridized carbons (Fsp3) is 0.429. The van der Waals surface area contributed by atoms with Gasteiger partial charge in [-0.2, -0.15) is 0 Å². The molecule has 0 amide bonds. The van der Waals surface area contributed by atoms with Gasteiger partial charge in [-0.05, 0) is 63.6 Å². The first-order valence-corrected chi connectivity index (χ1v) is 12.4. The van der Waals surface area contributed by atoms with E-state index in [4.69, 9.17) is 0 Å². The Morgan fingerprint density at radius 1 is 0.621 bits per heavy atom. The first-order chi connectivity index (χ1) is 14.3. The van der Waals surface area contributed by atoms with Crippen LogP contribution in [0.1, 0.15) is 76.7 Å². The molecule has 0 nitrogen and oxygen atoms in total. The van der Waals surface area contributed by atoms with Gasteiger partial charge in [0.25, 0.3) is 0 Å². The quantitative estimate of drug-likeness (QED) is 0.200. The van der Waals surface area contributed by atoms with E-state index in [2.05, 4.69) is 71.4 Å². The highest BCUT2D eigenvalue weighted by Gasteiger charge is 2.21. The second-order valence-electron chi connectivity index (χ2n) is 8.67. The van der Waals surface area contributed by atoms with Crippen molar-refractivity contribution in [1.29, 1.82) is 0 Å². The molecule has 3 aromatic carbocycles. The molecule has 152 valence electrons. The lowest BCUT2D eigenvalue weighted by Crippen LogP contribution is -1.88. The van der Waals surface area contributed by atoms with Crippen LogP contribution in [0.15, 0.2) is 53.0 Å². The van der Waals surface area contributed by atoms with Crippen LogP contribution in [-0.2, 0) is 6.42 Å². The normalized spacial score (nSPS) is 11.9. The Morgan fingerprint density at radius 3 is 2.10 bits per heavy atom. The number of fused-ring (bicyclic) bond motifs is 3. The number of hydrogen-bond acceptors (Lipinski definition) is 0. The van der Waals surface area contributed by atoms with Crippen molar-refractivity contribution in [1.82, 2.24) is 0 Å². The van der Waals surface area contributed by atoms with Gasteiger partial charge >= 0.3 is 0 Å². The summed E-state index contributed by atoms with van der Waals surface area (Å²) in [7, 11) is 0. The van der Waals surface area contributed by atoms with Crippen LogP contribution in [0.3, 0.4) is 0 Å². The van der Waals surface area contributed by atoms with Gasteiger partial charge in [0.1, 0.15) is 0 Å². The van der Waals surface area contributed by atoms with Crippen LogP contribution in [-0.4, -0.2) is 0 Å². The van der Waals surface area contributed by atoms with Gasteiger partial charge in [-0.3, -0.25) is 0 Å². The number of unbranched alkanes of at least 4 members (excludes halogenated alkanes) is 9. The molecule has 1 heteroatoms. The summed E-state index contributed by atoms with van der Waals surface area (Å²) in [6.07, 6.45) is 15.2. The molecule has 1 aliphatic carbocycles. The second-order valence-corrected chi connectivity index (χ2v) is 9.58. The maximum Gasteiger partial charge on any atom is 0.0187 e. The summed E-state index contributed by atoms with van der Waals surface area (Å²) < 4.78 is 1.17. The highest BCUT2D eigenvalue weighted by molar-refractivity contribution is 9.10. The summed E-state index contributed by atoms with van der Waals surface area (Å²) in [6.45, 7) is 2.29. The summed E-state index contributed by atoms with van der Waals surface area (Å²) >= 11 is 3.71. The van der Waals surface area contributed by atoms with E-state index in [1.807, 2.05) is 0 Å². The summed E-state index contributed by atoms with van der Waals surface area (Å²) in [6, 6.07) is 18.4. The average molecular weight is 449 g/mol. The molecule has 0 aromatic heterocycles. The molecule has 0 saturated heterocycles. The predicted molar refractivity (Wildman–Crippen MR) is 132 cm³/mol. The zero-order valence-corrected chi connectivity index (χ0v) is 19.4. The van der Waals surface area contributed by atoms with E-state index in [1.165, 1.54) is 114 Å². The third-order valence-corrected chi connectivity index (χ3v) is 6.88. The maximum absolute atomic E-state index is 3.71. The van der Waals surface area contributed by atoms with Crippen molar-refractivity contribution in [3.63, 3.8) is 0 Å². The Hall–Kier alpha value is -1.60. The standard InChI is InChI=1S/C28H33Br/c1-2-3-4-5-6-7-8-9-10-11-13-21-16-17-24-25-15-12-14-22-19-23(29)20-27(28(22)25)26(24)18-21/h12,14-20H,2-11,13H2,1H3. The molecule has 3 aromatic rings. The average Bonchev–Trinajstić information content (AvgIpc) is 3.04. The van der Waals surface area contributed by atoms with E-state index in [0.717, 1.165) is 0 Å². The van der Waals surface area contributed by atoms with E-state index < -0.39 is 0 Å². The molecule has 0 aliphatic heterocycles. The number of rotatable bonds is 11. The molecule has 0 bridgehead atoms. The molecule has 0 N–H and O–H groups in total. The van der Waals surface area contributed by atoms with Crippen molar-refractivity contribution in [2.45, 2.75) is 77.6 Å². The zero-order valence-electron chi connectivity index (χ0n) is 17.8. The van der Waals surface area contributed by atoms with Crippen LogP contribution >= 0.6 is 15.9 Å². The molecule has 0 unspecified atom stereocenters. The second kappa shape index (κ2) is 9.94. The van der Waals surface area contributed by atoms with Crippen molar-refractivity contribution < 1.29 is 0 Å². The van der Waals surface area contributed by atoms with Crippen LogP contribution in [0.2, 0.25) is 0 Å². The van der Waals surface area contributed by atoms with Crippen molar-refractivity contribution in [2.75, 3.05) is 0 Å². The highest BCUT2D eigenvalue weighted by Crippen LogP contribution is 2.48. The van der Waals surface area contributed by atoms with E-state index in [0.29, 0.717) is 0 Å². The van der Waals surface area contributed by atoms with Crippen LogP contribution in [0.4, 0.5) is 0 Å². The molecule has 0 fully saturated rings. The van der Waals surface area contributed by atoms with Crippen molar-refractivity contribution in [2.24, 2.45) is 0 Å². The number of benzene rings is 3. The Labute approximate surface area is 184 Å². The van der Waals surface area contributed by atoms with E-state index in [-0.39, 0.29) is 0 Å². The summed E-state index contributed by atoms with van der Waals surface area (Å²) in [5.41, 5.74) is 7.09. The van der Waals surface area contributed by atoms with Gasteiger partial charge in [0, 0.05) is 4.47 Å². The molecule has 0 radical (unpaired) electrons. The fourth-order valence-electron chi connectivity index (χ4n) is 4.85. The first kappa shape index (κ1) is 20.7. The maximum atomic E-state index is 3.71. The minimum atomic E-state index is 1.17. The lowest BCUT2D eigenvalue weighted by molar-refractivity contribution is 0.556. The van der Waals surface area contributed by atoms with Gasteiger partial charge < -0.3 is 0 Å². The van der Waals surface area contributed by atoms with Crippen molar-refractivity contribution >= 4 is 26.7 Å². The summed E-state index contributed by atoms with van der Waals surface area (Å²) in [5.74, 6) is 0. The molecule has 4 rings (SSSR count). The highest BCUT2D eigenvalue weighted by atomic mass is 79.9. The van der Waals surface area contributed by atoms with Crippen molar-refractivity contribution in [3.05, 3.63) is 58.6 Å². The number of hydrogen-bond donors (Lipinski definition) is 0. The Bertz CT molecular complexity index is 969. The summed E-state index contributed by atoms with van der Waals surface area (Å²) in [5, 5.41) is 2.75. The Kier molecular flexibility index (Phi) is 7.08. The van der Waals surface area contributed by atoms with Gasteiger partial charge in [-0.25, -0.2) is 0 Å². The van der Waals surface area contributed by atoms with Gasteiger partial charge in [0.15, 0.2) is 0 Å². The lowest BCUT2D eigenvalue weighted by atomic mass is 9.98. The zero-order chi connectivity index (χ0) is 20.1. The van der Waals surface area contributed by atoms with E-state index in [1.54, 1.807) is 0 Å². The smallest absolute Gasteiger partial charge is 0.0187 e. The van der Waals surface area contributed by atoms with Gasteiger partial charge in [0.05, 0.1) is 0 Å². The minimum Gasteiger partial charge on any atom is -0.0654 e. The molecular formula is C28H33Br.